The van der Waals surface area contributed by atoms with Crippen LogP contribution < -0.4 is 9.97 Å². The van der Waals surface area contributed by atoms with Crippen molar-refractivity contribution in [3.63, 3.8) is 0 Å². The van der Waals surface area contributed by atoms with Crippen LogP contribution in [0.3, 0.4) is 0 Å². The molecule has 1 atom stereocenters. The highest BCUT2D eigenvalue weighted by Crippen LogP contribution is 2.31. The van der Waals surface area contributed by atoms with Crippen LogP contribution in [0.15, 0.2) is 48.7 Å². The number of carboxylic acids is 1. The monoisotopic (exact) mass is 371 g/mol. The lowest BCUT2D eigenvalue weighted by molar-refractivity contribution is 0.0694. The van der Waals surface area contributed by atoms with Crippen LogP contribution in [0.5, 0.6) is 11.5 Å². The van der Waals surface area contributed by atoms with Gasteiger partial charge in [0.05, 0.1) is 11.5 Å². The van der Waals surface area contributed by atoms with Gasteiger partial charge in [0.2, 0.25) is 0 Å². The van der Waals surface area contributed by atoms with E-state index >= 15 is 0 Å². The van der Waals surface area contributed by atoms with Crippen molar-refractivity contribution in [2.24, 2.45) is 0 Å². The summed E-state index contributed by atoms with van der Waals surface area (Å²) in [5.41, 5.74) is 1.76. The Labute approximate surface area is 156 Å². The second-order valence-corrected chi connectivity index (χ2v) is 6.33. The van der Waals surface area contributed by atoms with Crippen LogP contribution >= 0.6 is 0 Å². The van der Waals surface area contributed by atoms with Crippen molar-refractivity contribution in [3.8, 4) is 11.5 Å². The standard InChI is InChI=1S/C19H19BFNO5/c1-11(8-12-6-7-14(23)10-16(12)21)22-17-9-13-4-3-5-15(19(24)25)18(13)27-20(17)26-2/h3-7,10,17,22-23H,1,8-9H2,2H3,(H,24,25). The first-order valence-corrected chi connectivity index (χ1v) is 8.35. The number of carboxylic acid groups (broad SMARTS) is 1. The molecule has 0 aromatic heterocycles. The minimum Gasteiger partial charge on any atom is -0.534 e. The molecule has 0 saturated carbocycles. The smallest absolute Gasteiger partial charge is 0.534 e. The van der Waals surface area contributed by atoms with Crippen molar-refractivity contribution in [1.82, 2.24) is 5.32 Å². The highest BCUT2D eigenvalue weighted by molar-refractivity contribution is 6.48. The average Bonchev–Trinajstić information content (AvgIpc) is 2.62. The summed E-state index contributed by atoms with van der Waals surface area (Å²) < 4.78 is 25.0. The molecule has 0 spiro atoms. The summed E-state index contributed by atoms with van der Waals surface area (Å²) in [7, 11) is 0.746. The largest absolute Gasteiger partial charge is 0.549 e. The summed E-state index contributed by atoms with van der Waals surface area (Å²) in [6, 6.07) is 8.90. The number of aromatic carboxylic acids is 1. The minimum atomic E-state index is -1.07. The van der Waals surface area contributed by atoms with E-state index in [2.05, 4.69) is 11.9 Å². The third kappa shape index (κ3) is 4.06. The van der Waals surface area contributed by atoms with Crippen LogP contribution in [-0.4, -0.2) is 36.4 Å². The van der Waals surface area contributed by atoms with E-state index in [9.17, 15) is 19.4 Å². The van der Waals surface area contributed by atoms with Crippen molar-refractivity contribution in [2.75, 3.05) is 7.11 Å². The van der Waals surface area contributed by atoms with E-state index in [0.717, 1.165) is 11.6 Å². The summed E-state index contributed by atoms with van der Waals surface area (Å²) >= 11 is 0. The number of rotatable bonds is 6. The molecule has 2 aromatic rings. The van der Waals surface area contributed by atoms with Crippen molar-refractivity contribution in [3.05, 3.63) is 71.2 Å². The van der Waals surface area contributed by atoms with Crippen molar-refractivity contribution in [1.29, 1.82) is 0 Å². The molecule has 1 aliphatic heterocycles. The van der Waals surface area contributed by atoms with Crippen molar-refractivity contribution < 1.29 is 28.7 Å². The molecule has 1 aliphatic rings. The lowest BCUT2D eigenvalue weighted by atomic mass is 9.71. The number of halogens is 1. The zero-order chi connectivity index (χ0) is 19.6. The topological polar surface area (TPSA) is 88.0 Å². The van der Waals surface area contributed by atoms with Gasteiger partial charge < -0.3 is 24.8 Å². The highest BCUT2D eigenvalue weighted by Gasteiger charge is 2.38. The fraction of sp³-hybridized carbons (Fsp3) is 0.211. The molecule has 0 radical (unpaired) electrons. The number of phenols is 1. The van der Waals surface area contributed by atoms with E-state index < -0.39 is 18.9 Å². The van der Waals surface area contributed by atoms with E-state index in [-0.39, 0.29) is 23.7 Å². The van der Waals surface area contributed by atoms with Gasteiger partial charge in [0, 0.05) is 25.3 Å². The van der Waals surface area contributed by atoms with Crippen LogP contribution in [-0.2, 0) is 17.5 Å². The molecular weight excluding hydrogens is 352 g/mol. The average molecular weight is 371 g/mol. The Morgan fingerprint density at radius 1 is 1.44 bits per heavy atom. The molecule has 0 aliphatic carbocycles. The van der Waals surface area contributed by atoms with Crippen LogP contribution in [0.1, 0.15) is 21.5 Å². The second-order valence-electron chi connectivity index (χ2n) is 6.33. The van der Waals surface area contributed by atoms with Gasteiger partial charge in [-0.05, 0) is 29.7 Å². The molecule has 2 aromatic carbocycles. The summed E-state index contributed by atoms with van der Waals surface area (Å²) in [6.07, 6.45) is 0.688. The summed E-state index contributed by atoms with van der Waals surface area (Å²) in [5, 5.41) is 21.8. The maximum Gasteiger partial charge on any atom is 0.549 e. The maximum atomic E-state index is 13.9. The van der Waals surface area contributed by atoms with E-state index in [0.29, 0.717) is 23.4 Å². The van der Waals surface area contributed by atoms with Gasteiger partial charge in [0.15, 0.2) is 0 Å². The normalized spacial score (nSPS) is 15.6. The van der Waals surface area contributed by atoms with Gasteiger partial charge in [-0.1, -0.05) is 24.8 Å². The van der Waals surface area contributed by atoms with Gasteiger partial charge in [-0.25, -0.2) is 9.18 Å². The zero-order valence-electron chi connectivity index (χ0n) is 14.7. The molecule has 6 nitrogen and oxygen atoms in total. The summed E-state index contributed by atoms with van der Waals surface area (Å²) in [4.78, 5) is 11.4. The number of hydrogen-bond donors (Lipinski definition) is 3. The lowest BCUT2D eigenvalue weighted by Gasteiger charge is -2.31. The molecule has 8 heteroatoms. The summed E-state index contributed by atoms with van der Waals surface area (Å²) in [5.74, 6) is -1.75. The van der Waals surface area contributed by atoms with Gasteiger partial charge in [-0.3, -0.25) is 0 Å². The predicted molar refractivity (Wildman–Crippen MR) is 98.3 cm³/mol. The number of phenolic OH excluding ortho intramolecular Hbond substituents is 1. The number of allylic oxidation sites excluding steroid dienone is 1. The molecule has 0 amide bonds. The number of hydrogen-bond acceptors (Lipinski definition) is 5. The van der Waals surface area contributed by atoms with Crippen LogP contribution in [0, 0.1) is 5.82 Å². The Morgan fingerprint density at radius 2 is 2.22 bits per heavy atom. The molecule has 0 bridgehead atoms. The number of fused-ring (bicyclic) bond motifs is 1. The van der Waals surface area contributed by atoms with Gasteiger partial charge >= 0.3 is 13.1 Å². The molecule has 0 saturated heterocycles. The molecule has 3 N–H and O–H groups in total. The minimum absolute atomic E-state index is 0.0815. The van der Waals surface area contributed by atoms with E-state index in [4.69, 9.17) is 9.31 Å². The Balaban J connectivity index is 1.75. The van der Waals surface area contributed by atoms with Crippen LogP contribution in [0.2, 0.25) is 0 Å². The van der Waals surface area contributed by atoms with Gasteiger partial charge in [0.1, 0.15) is 17.3 Å². The zero-order valence-corrected chi connectivity index (χ0v) is 14.7. The number of para-hydroxylation sites is 1. The summed E-state index contributed by atoms with van der Waals surface area (Å²) in [6.45, 7) is 3.93. The van der Waals surface area contributed by atoms with E-state index in [1.807, 2.05) is 0 Å². The van der Waals surface area contributed by atoms with Gasteiger partial charge in [0.25, 0.3) is 0 Å². The van der Waals surface area contributed by atoms with Crippen LogP contribution in [0.25, 0.3) is 0 Å². The Bertz CT molecular complexity index is 888. The van der Waals surface area contributed by atoms with Crippen molar-refractivity contribution in [2.45, 2.75) is 18.8 Å². The maximum absolute atomic E-state index is 13.9. The Morgan fingerprint density at radius 3 is 2.89 bits per heavy atom. The molecule has 3 rings (SSSR count). The first-order chi connectivity index (χ1) is 12.9. The number of aromatic hydroxyl groups is 1. The Kier molecular flexibility index (Phi) is 5.37. The number of nitrogens with one attached hydrogen (secondary N) is 1. The third-order valence-corrected chi connectivity index (χ3v) is 4.39. The molecule has 1 unspecified atom stereocenters. The Hall–Kier alpha value is -3.00. The molecule has 1 heterocycles. The molecule has 0 fully saturated rings. The first kappa shape index (κ1) is 18.8. The van der Waals surface area contributed by atoms with E-state index in [1.165, 1.54) is 25.3 Å². The third-order valence-electron chi connectivity index (χ3n) is 4.39. The first-order valence-electron chi connectivity index (χ1n) is 8.35. The molecule has 140 valence electrons. The second kappa shape index (κ2) is 7.71. The van der Waals surface area contributed by atoms with E-state index in [1.54, 1.807) is 12.1 Å². The molecular formula is C19H19BFNO5. The van der Waals surface area contributed by atoms with Gasteiger partial charge in [-0.2, -0.15) is 0 Å². The number of carbonyl (C=O) groups is 1. The van der Waals surface area contributed by atoms with Crippen molar-refractivity contribution >= 4 is 13.1 Å². The highest BCUT2D eigenvalue weighted by atomic mass is 19.1. The van der Waals surface area contributed by atoms with Gasteiger partial charge in [-0.15, -0.1) is 0 Å². The molecule has 27 heavy (non-hydrogen) atoms. The number of benzene rings is 2. The fourth-order valence-corrected chi connectivity index (χ4v) is 3.14. The fourth-order valence-electron chi connectivity index (χ4n) is 3.14. The SMILES string of the molecule is C=C(Cc1ccc(O)cc1F)NC1Cc2cccc(C(=O)O)c2OB1OC. The van der Waals surface area contributed by atoms with Crippen LogP contribution in [0.4, 0.5) is 4.39 Å². The quantitative estimate of drug-likeness (QED) is 0.677. The predicted octanol–water partition coefficient (Wildman–Crippen LogP) is 2.55. The lowest BCUT2D eigenvalue weighted by Crippen LogP contribution is -2.52.